The maximum atomic E-state index is 5.43. The quantitative estimate of drug-likeness (QED) is 0.880. The average molecular weight is 264 g/mol. The van der Waals surface area contributed by atoms with Gasteiger partial charge >= 0.3 is 0 Å². The van der Waals surface area contributed by atoms with Crippen molar-refractivity contribution in [2.24, 2.45) is 0 Å². The second-order valence-corrected chi connectivity index (χ2v) is 5.02. The number of benzene rings is 1. The van der Waals surface area contributed by atoms with Crippen molar-refractivity contribution in [1.82, 2.24) is 10.2 Å². The van der Waals surface area contributed by atoms with Crippen molar-refractivity contribution in [3.05, 3.63) is 23.8 Å². The van der Waals surface area contributed by atoms with Crippen LogP contribution < -0.4 is 14.8 Å². The molecule has 1 N–H and O–H groups in total. The van der Waals surface area contributed by atoms with Crippen molar-refractivity contribution in [3.8, 4) is 11.5 Å². The number of hydrogen-bond acceptors (Lipinski definition) is 4. The summed E-state index contributed by atoms with van der Waals surface area (Å²) in [6.45, 7) is 3.19. The monoisotopic (exact) mass is 264 g/mol. The standard InChI is InChI=1S/C15H24N2O2/c1-16-13-6-8-17(9-7-13)11-12-10-14(18-2)4-5-15(12)19-3/h4-5,10,13,16H,6-9,11H2,1-3H3. The Labute approximate surface area is 115 Å². The molecule has 0 spiro atoms. The zero-order chi connectivity index (χ0) is 13.7. The lowest BCUT2D eigenvalue weighted by molar-refractivity contribution is 0.192. The lowest BCUT2D eigenvalue weighted by Crippen LogP contribution is -2.40. The molecule has 0 aromatic heterocycles. The van der Waals surface area contributed by atoms with E-state index >= 15 is 0 Å². The van der Waals surface area contributed by atoms with E-state index in [1.54, 1.807) is 14.2 Å². The molecule has 1 aromatic carbocycles. The lowest BCUT2D eigenvalue weighted by Gasteiger charge is -2.32. The van der Waals surface area contributed by atoms with Gasteiger partial charge in [0, 0.05) is 18.2 Å². The highest BCUT2D eigenvalue weighted by atomic mass is 16.5. The molecule has 4 nitrogen and oxygen atoms in total. The maximum absolute atomic E-state index is 5.43. The van der Waals surface area contributed by atoms with Crippen LogP contribution in [-0.4, -0.2) is 45.3 Å². The van der Waals surface area contributed by atoms with Gasteiger partial charge in [-0.05, 0) is 51.2 Å². The molecule has 1 aromatic rings. The summed E-state index contributed by atoms with van der Waals surface area (Å²) in [7, 11) is 5.47. The number of rotatable bonds is 5. The first kappa shape index (κ1) is 14.2. The van der Waals surface area contributed by atoms with Gasteiger partial charge in [0.25, 0.3) is 0 Å². The van der Waals surface area contributed by atoms with Crippen LogP contribution in [0.1, 0.15) is 18.4 Å². The van der Waals surface area contributed by atoms with Gasteiger partial charge < -0.3 is 14.8 Å². The fourth-order valence-corrected chi connectivity index (χ4v) is 2.63. The van der Waals surface area contributed by atoms with Gasteiger partial charge in [0.15, 0.2) is 0 Å². The van der Waals surface area contributed by atoms with Crippen LogP contribution in [0.5, 0.6) is 11.5 Å². The Morgan fingerprint density at radius 3 is 2.53 bits per heavy atom. The van der Waals surface area contributed by atoms with Gasteiger partial charge in [-0.25, -0.2) is 0 Å². The minimum absolute atomic E-state index is 0.670. The zero-order valence-corrected chi connectivity index (χ0v) is 12.1. The minimum atomic E-state index is 0.670. The molecular formula is C15H24N2O2. The van der Waals surface area contributed by atoms with Gasteiger partial charge in [0.05, 0.1) is 14.2 Å². The van der Waals surface area contributed by atoms with Crippen LogP contribution in [0.25, 0.3) is 0 Å². The van der Waals surface area contributed by atoms with Crippen LogP contribution in [0.3, 0.4) is 0 Å². The number of nitrogens with one attached hydrogen (secondary N) is 1. The SMILES string of the molecule is CNC1CCN(Cc2cc(OC)ccc2OC)CC1. The van der Waals surface area contributed by atoms with E-state index in [0.29, 0.717) is 6.04 Å². The first-order valence-corrected chi connectivity index (χ1v) is 6.87. The largest absolute Gasteiger partial charge is 0.497 e. The fourth-order valence-electron chi connectivity index (χ4n) is 2.63. The molecule has 0 saturated carbocycles. The van der Waals surface area contributed by atoms with Crippen molar-refractivity contribution >= 4 is 0 Å². The van der Waals surface area contributed by atoms with Gasteiger partial charge in [-0.15, -0.1) is 0 Å². The molecule has 0 atom stereocenters. The Bertz CT molecular complexity index is 401. The van der Waals surface area contributed by atoms with Crippen LogP contribution in [0.2, 0.25) is 0 Å². The number of piperidine rings is 1. The number of hydrogen-bond donors (Lipinski definition) is 1. The number of ether oxygens (including phenoxy) is 2. The third-order valence-electron chi connectivity index (χ3n) is 3.88. The Morgan fingerprint density at radius 1 is 1.21 bits per heavy atom. The van der Waals surface area contributed by atoms with Crippen LogP contribution in [0, 0.1) is 0 Å². The van der Waals surface area contributed by atoms with Crippen molar-refractivity contribution in [2.75, 3.05) is 34.4 Å². The summed E-state index contributed by atoms with van der Waals surface area (Å²) < 4.78 is 10.7. The molecule has 1 fully saturated rings. The number of methoxy groups -OCH3 is 2. The van der Waals surface area contributed by atoms with Gasteiger partial charge in [0.2, 0.25) is 0 Å². The van der Waals surface area contributed by atoms with E-state index in [4.69, 9.17) is 9.47 Å². The summed E-state index contributed by atoms with van der Waals surface area (Å²) in [5.41, 5.74) is 1.20. The molecule has 4 heteroatoms. The number of nitrogens with zero attached hydrogens (tertiary/aromatic N) is 1. The van der Waals surface area contributed by atoms with Crippen molar-refractivity contribution < 1.29 is 9.47 Å². The summed E-state index contributed by atoms with van der Waals surface area (Å²) in [5.74, 6) is 1.83. The molecule has 2 rings (SSSR count). The maximum Gasteiger partial charge on any atom is 0.123 e. The van der Waals surface area contributed by atoms with E-state index in [1.165, 1.54) is 18.4 Å². The Hall–Kier alpha value is -1.26. The molecular weight excluding hydrogens is 240 g/mol. The third kappa shape index (κ3) is 3.61. The summed E-state index contributed by atoms with van der Waals surface area (Å²) in [6, 6.07) is 6.66. The van der Waals surface area contributed by atoms with E-state index in [2.05, 4.69) is 16.3 Å². The molecule has 0 aliphatic carbocycles. The second-order valence-electron chi connectivity index (χ2n) is 5.02. The topological polar surface area (TPSA) is 33.7 Å². The molecule has 1 aliphatic rings. The second kappa shape index (κ2) is 6.78. The highest BCUT2D eigenvalue weighted by Crippen LogP contribution is 2.26. The van der Waals surface area contributed by atoms with Gasteiger partial charge in [-0.3, -0.25) is 4.90 Å². The molecule has 0 amide bonds. The van der Waals surface area contributed by atoms with E-state index < -0.39 is 0 Å². The Kier molecular flexibility index (Phi) is 5.05. The molecule has 0 unspecified atom stereocenters. The summed E-state index contributed by atoms with van der Waals surface area (Å²) in [5, 5.41) is 3.36. The first-order chi connectivity index (χ1) is 9.26. The van der Waals surface area contributed by atoms with Crippen molar-refractivity contribution in [1.29, 1.82) is 0 Å². The molecule has 1 heterocycles. The first-order valence-electron chi connectivity index (χ1n) is 6.87. The Morgan fingerprint density at radius 2 is 1.95 bits per heavy atom. The van der Waals surface area contributed by atoms with Crippen LogP contribution >= 0.6 is 0 Å². The normalized spacial score (nSPS) is 17.4. The van der Waals surface area contributed by atoms with Crippen LogP contribution in [0.15, 0.2) is 18.2 Å². The van der Waals surface area contributed by atoms with E-state index in [9.17, 15) is 0 Å². The van der Waals surface area contributed by atoms with Crippen molar-refractivity contribution in [2.45, 2.75) is 25.4 Å². The summed E-state index contributed by atoms with van der Waals surface area (Å²) in [6.07, 6.45) is 2.42. The highest BCUT2D eigenvalue weighted by Gasteiger charge is 2.19. The molecule has 106 valence electrons. The molecule has 19 heavy (non-hydrogen) atoms. The molecule has 1 aliphatic heterocycles. The van der Waals surface area contributed by atoms with Crippen molar-refractivity contribution in [3.63, 3.8) is 0 Å². The molecule has 0 bridgehead atoms. The lowest BCUT2D eigenvalue weighted by atomic mass is 10.0. The van der Waals surface area contributed by atoms with Crippen LogP contribution in [-0.2, 0) is 6.54 Å². The van der Waals surface area contributed by atoms with Gasteiger partial charge in [-0.2, -0.15) is 0 Å². The predicted molar refractivity (Wildman–Crippen MR) is 76.9 cm³/mol. The predicted octanol–water partition coefficient (Wildman–Crippen LogP) is 1.89. The smallest absolute Gasteiger partial charge is 0.123 e. The van der Waals surface area contributed by atoms with E-state index in [-0.39, 0.29) is 0 Å². The minimum Gasteiger partial charge on any atom is -0.497 e. The zero-order valence-electron chi connectivity index (χ0n) is 12.1. The van der Waals surface area contributed by atoms with E-state index in [0.717, 1.165) is 31.1 Å². The highest BCUT2D eigenvalue weighted by molar-refractivity contribution is 5.40. The fraction of sp³-hybridized carbons (Fsp3) is 0.600. The average Bonchev–Trinajstić information content (AvgIpc) is 2.48. The Balaban J connectivity index is 2.02. The third-order valence-corrected chi connectivity index (χ3v) is 3.88. The summed E-state index contributed by atoms with van der Waals surface area (Å²) in [4.78, 5) is 2.48. The molecule has 1 saturated heterocycles. The van der Waals surface area contributed by atoms with Gasteiger partial charge in [-0.1, -0.05) is 0 Å². The summed E-state index contributed by atoms with van der Waals surface area (Å²) >= 11 is 0. The number of likely N-dealkylation sites (tertiary alicyclic amines) is 1. The van der Waals surface area contributed by atoms with E-state index in [1.807, 2.05) is 19.2 Å². The van der Waals surface area contributed by atoms with Crippen LogP contribution in [0.4, 0.5) is 0 Å². The molecule has 0 radical (unpaired) electrons. The van der Waals surface area contributed by atoms with Gasteiger partial charge in [0.1, 0.15) is 11.5 Å².